The molecule has 0 radical (unpaired) electrons. The number of rotatable bonds is 4. The van der Waals surface area contributed by atoms with Crippen LogP contribution in [0.3, 0.4) is 0 Å². The molecule has 122 valence electrons. The summed E-state index contributed by atoms with van der Waals surface area (Å²) in [6.45, 7) is 7.33. The number of hydrogen-bond acceptors (Lipinski definition) is 5. The van der Waals surface area contributed by atoms with Crippen molar-refractivity contribution in [2.45, 2.75) is 32.6 Å². The number of benzene rings is 1. The zero-order chi connectivity index (χ0) is 17.2. The molecule has 0 spiro atoms. The van der Waals surface area contributed by atoms with Crippen LogP contribution in [-0.2, 0) is 19.2 Å². The van der Waals surface area contributed by atoms with Gasteiger partial charge in [0.1, 0.15) is 10.6 Å². The van der Waals surface area contributed by atoms with Crippen molar-refractivity contribution in [2.24, 2.45) is 11.1 Å². The van der Waals surface area contributed by atoms with Crippen LogP contribution in [0.2, 0.25) is 0 Å². The summed E-state index contributed by atoms with van der Waals surface area (Å²) in [5, 5.41) is 3.73. The van der Waals surface area contributed by atoms with Crippen LogP contribution in [0, 0.1) is 12.8 Å². The summed E-state index contributed by atoms with van der Waals surface area (Å²) in [7, 11) is -3.98. The maximum absolute atomic E-state index is 12.1. The molecule has 1 aliphatic carbocycles. The molecule has 1 aromatic carbocycles. The molecular formula is C17H19NO4S. The number of carbonyl (C=O) groups is 1. The molecule has 0 saturated carbocycles. The van der Waals surface area contributed by atoms with Gasteiger partial charge >= 0.3 is 10.1 Å². The van der Waals surface area contributed by atoms with E-state index < -0.39 is 10.1 Å². The Balaban J connectivity index is 2.29. The second-order valence-electron chi connectivity index (χ2n) is 5.76. The molecule has 0 fully saturated rings. The highest BCUT2D eigenvalue weighted by atomic mass is 32.2. The smallest absolute Gasteiger partial charge is 0.290 e. The van der Waals surface area contributed by atoms with E-state index in [-0.39, 0.29) is 16.6 Å². The topological polar surface area (TPSA) is 72.8 Å². The highest BCUT2D eigenvalue weighted by Crippen LogP contribution is 2.20. The predicted molar refractivity (Wildman–Crippen MR) is 88.6 cm³/mol. The van der Waals surface area contributed by atoms with E-state index in [2.05, 4.69) is 5.16 Å². The Morgan fingerprint density at radius 3 is 2.22 bits per heavy atom. The maximum Gasteiger partial charge on any atom is 0.358 e. The first kappa shape index (κ1) is 17.1. The molecule has 0 aliphatic heterocycles. The molecule has 0 bridgehead atoms. The first-order valence-electron chi connectivity index (χ1n) is 7.23. The number of carbonyl (C=O) groups excluding carboxylic acids is 1. The van der Waals surface area contributed by atoms with E-state index in [1.165, 1.54) is 18.2 Å². The van der Waals surface area contributed by atoms with Crippen molar-refractivity contribution in [3.05, 3.63) is 53.1 Å². The zero-order valence-corrected chi connectivity index (χ0v) is 14.3. The van der Waals surface area contributed by atoms with Gasteiger partial charge in [0.05, 0.1) is 0 Å². The highest BCUT2D eigenvalue weighted by molar-refractivity contribution is 7.86. The Morgan fingerprint density at radius 2 is 1.65 bits per heavy atom. The van der Waals surface area contributed by atoms with Crippen LogP contribution in [0.15, 0.2) is 57.6 Å². The predicted octanol–water partition coefficient (Wildman–Crippen LogP) is 3.17. The molecule has 0 heterocycles. The molecule has 0 atom stereocenters. The molecule has 1 aliphatic rings. The van der Waals surface area contributed by atoms with Crippen LogP contribution >= 0.6 is 0 Å². The lowest BCUT2D eigenvalue weighted by Crippen LogP contribution is -2.16. The van der Waals surface area contributed by atoms with Gasteiger partial charge in [-0.05, 0) is 49.6 Å². The van der Waals surface area contributed by atoms with Gasteiger partial charge in [0.2, 0.25) is 0 Å². The largest absolute Gasteiger partial charge is 0.358 e. The van der Waals surface area contributed by atoms with Crippen molar-refractivity contribution in [3.63, 3.8) is 0 Å². The lowest BCUT2D eigenvalue weighted by atomic mass is 9.90. The van der Waals surface area contributed by atoms with Crippen LogP contribution < -0.4 is 0 Å². The van der Waals surface area contributed by atoms with Crippen LogP contribution in [0.1, 0.15) is 26.3 Å². The summed E-state index contributed by atoms with van der Waals surface area (Å²) in [5.41, 5.74) is 2.43. The van der Waals surface area contributed by atoms with Crippen LogP contribution in [0.4, 0.5) is 0 Å². The van der Waals surface area contributed by atoms with E-state index in [0.717, 1.165) is 5.56 Å². The van der Waals surface area contributed by atoms with Crippen molar-refractivity contribution < 1.29 is 17.5 Å². The van der Waals surface area contributed by atoms with E-state index in [9.17, 15) is 13.2 Å². The van der Waals surface area contributed by atoms with Crippen LogP contribution in [0.25, 0.3) is 0 Å². The number of nitrogens with zero attached hydrogens (tertiary/aromatic N) is 1. The van der Waals surface area contributed by atoms with Gasteiger partial charge in [-0.25, -0.2) is 0 Å². The first-order chi connectivity index (χ1) is 10.7. The van der Waals surface area contributed by atoms with Gasteiger partial charge in [-0.3, -0.25) is 9.08 Å². The minimum atomic E-state index is -3.98. The summed E-state index contributed by atoms with van der Waals surface area (Å²) >= 11 is 0. The summed E-state index contributed by atoms with van der Waals surface area (Å²) < 4.78 is 29.1. The number of ketones is 1. The van der Waals surface area contributed by atoms with Crippen molar-refractivity contribution >= 4 is 21.6 Å². The fourth-order valence-corrected chi connectivity index (χ4v) is 2.81. The molecule has 0 N–H and O–H groups in total. The third-order valence-electron chi connectivity index (χ3n) is 3.49. The van der Waals surface area contributed by atoms with Gasteiger partial charge in [-0.1, -0.05) is 36.7 Å². The van der Waals surface area contributed by atoms with Gasteiger partial charge in [-0.15, -0.1) is 0 Å². The Hall–Kier alpha value is -2.21. The molecule has 2 rings (SSSR count). The summed E-state index contributed by atoms with van der Waals surface area (Å²) in [5.74, 6) is -0.0661. The fourth-order valence-electron chi connectivity index (χ4n) is 2.07. The van der Waals surface area contributed by atoms with E-state index >= 15 is 0 Å². The molecule has 0 aromatic heterocycles. The minimum absolute atomic E-state index is 0.0192. The number of hydrogen-bond donors (Lipinski definition) is 0. The lowest BCUT2D eigenvalue weighted by Gasteiger charge is -2.14. The monoisotopic (exact) mass is 333 g/mol. The fraction of sp³-hybridized carbons (Fsp3) is 0.294. The van der Waals surface area contributed by atoms with Gasteiger partial charge in [0.25, 0.3) is 0 Å². The molecule has 1 aromatic rings. The Bertz CT molecular complexity index is 813. The SMILES string of the molecule is CC1=CC(=O)C(C(C)C)=CC1=NOS(=O)(=O)c1ccc(C)cc1. The van der Waals surface area contributed by atoms with E-state index in [4.69, 9.17) is 4.28 Å². The van der Waals surface area contributed by atoms with Crippen molar-refractivity contribution in [1.29, 1.82) is 0 Å². The molecule has 0 amide bonds. The minimum Gasteiger partial charge on any atom is -0.290 e. The molecule has 0 saturated heterocycles. The third kappa shape index (κ3) is 3.96. The number of allylic oxidation sites excluding steroid dienone is 4. The lowest BCUT2D eigenvalue weighted by molar-refractivity contribution is -0.111. The zero-order valence-electron chi connectivity index (χ0n) is 13.5. The molecule has 0 unspecified atom stereocenters. The van der Waals surface area contributed by atoms with Gasteiger partial charge in [-0.2, -0.15) is 8.42 Å². The van der Waals surface area contributed by atoms with Crippen molar-refractivity contribution in [1.82, 2.24) is 0 Å². The summed E-state index contributed by atoms with van der Waals surface area (Å²) in [4.78, 5) is 11.9. The first-order valence-corrected chi connectivity index (χ1v) is 8.64. The van der Waals surface area contributed by atoms with Crippen molar-refractivity contribution in [2.75, 3.05) is 0 Å². The summed E-state index contributed by atoms with van der Waals surface area (Å²) in [6.07, 6.45) is 3.02. The third-order valence-corrected chi connectivity index (χ3v) is 4.61. The second kappa shape index (κ2) is 6.50. The number of oxime groups is 1. The van der Waals surface area contributed by atoms with Crippen molar-refractivity contribution in [3.8, 4) is 0 Å². The average molecular weight is 333 g/mol. The quantitative estimate of drug-likeness (QED) is 0.627. The Kier molecular flexibility index (Phi) is 4.85. The van der Waals surface area contributed by atoms with E-state index in [1.54, 1.807) is 25.1 Å². The van der Waals surface area contributed by atoms with Gasteiger partial charge in [0, 0.05) is 5.57 Å². The Labute approximate surface area is 136 Å². The molecule has 6 heteroatoms. The molecular weight excluding hydrogens is 314 g/mol. The second-order valence-corrected chi connectivity index (χ2v) is 7.29. The highest BCUT2D eigenvalue weighted by Gasteiger charge is 2.21. The van der Waals surface area contributed by atoms with Gasteiger partial charge in [0.15, 0.2) is 5.78 Å². The molecule has 23 heavy (non-hydrogen) atoms. The summed E-state index contributed by atoms with van der Waals surface area (Å²) in [6, 6.07) is 6.30. The van der Waals surface area contributed by atoms with Gasteiger partial charge < -0.3 is 0 Å². The van der Waals surface area contributed by atoms with E-state index in [1.807, 2.05) is 20.8 Å². The maximum atomic E-state index is 12.1. The van der Waals surface area contributed by atoms with Crippen LogP contribution in [-0.4, -0.2) is 19.9 Å². The number of aryl methyl sites for hydroxylation is 1. The van der Waals surface area contributed by atoms with E-state index in [0.29, 0.717) is 16.9 Å². The van der Waals surface area contributed by atoms with Crippen LogP contribution in [0.5, 0.6) is 0 Å². The molecule has 5 nitrogen and oxygen atoms in total. The normalized spacial score (nSPS) is 17.3. The average Bonchev–Trinajstić information content (AvgIpc) is 2.46. The standard InChI is InChI=1S/C17H19NO4S/c1-11(2)15-10-16(13(4)9-17(15)19)18-22-23(20,21)14-7-5-12(3)6-8-14/h5-11H,1-4H3. The Morgan fingerprint density at radius 1 is 1.04 bits per heavy atom.